The van der Waals surface area contributed by atoms with Crippen LogP contribution < -0.4 is 26.6 Å². The Morgan fingerprint density at radius 3 is 2.40 bits per heavy atom. The summed E-state index contributed by atoms with van der Waals surface area (Å²) in [6, 6.07) is 5.34. The second-order valence-electron chi connectivity index (χ2n) is 10.4. The molecule has 15 heteroatoms. The van der Waals surface area contributed by atoms with Crippen LogP contribution in [0.5, 0.6) is 0 Å². The quantitative estimate of drug-likeness (QED) is 0.259. The molecule has 0 saturated carbocycles. The van der Waals surface area contributed by atoms with Crippen LogP contribution >= 0.6 is 0 Å². The number of aliphatic hydroxyl groups is 1. The summed E-state index contributed by atoms with van der Waals surface area (Å²) in [5, 5.41) is 13.8. The zero-order valence-corrected chi connectivity index (χ0v) is 21.5. The highest BCUT2D eigenvalue weighted by molar-refractivity contribution is 5.67. The van der Waals surface area contributed by atoms with E-state index in [-0.39, 0.29) is 28.6 Å². The SMILES string of the molecule is CC1(N)CCN(c2cccnc2NC(O)c2nc(-c3nc(N4CC(F)(F)C4)ccc3C(F)(F)F)cnc2N)CC1. The summed E-state index contributed by atoms with van der Waals surface area (Å²) in [5.74, 6) is -2.94. The summed E-state index contributed by atoms with van der Waals surface area (Å²) in [7, 11) is 0. The van der Waals surface area contributed by atoms with E-state index in [0.29, 0.717) is 24.6 Å². The number of alkyl halides is 5. The molecular formula is C25H28F5N9O. The van der Waals surface area contributed by atoms with Gasteiger partial charge in [-0.1, -0.05) is 0 Å². The number of pyridine rings is 2. The molecule has 3 aromatic heterocycles. The summed E-state index contributed by atoms with van der Waals surface area (Å²) in [6.07, 6.45) is -2.43. The summed E-state index contributed by atoms with van der Waals surface area (Å²) in [6.45, 7) is 1.97. The molecule has 2 aliphatic heterocycles. The minimum atomic E-state index is -4.82. The molecular weight excluding hydrogens is 537 g/mol. The van der Waals surface area contributed by atoms with E-state index in [1.54, 1.807) is 6.07 Å². The molecule has 10 nitrogen and oxygen atoms in total. The molecule has 0 aliphatic carbocycles. The van der Waals surface area contributed by atoms with Gasteiger partial charge in [0.1, 0.15) is 28.7 Å². The third-order valence-electron chi connectivity index (χ3n) is 6.99. The topological polar surface area (TPSA) is 142 Å². The third kappa shape index (κ3) is 5.70. The molecule has 2 aliphatic rings. The van der Waals surface area contributed by atoms with Gasteiger partial charge in [0.2, 0.25) is 0 Å². The summed E-state index contributed by atoms with van der Waals surface area (Å²) < 4.78 is 68.3. The highest BCUT2D eigenvalue weighted by Crippen LogP contribution is 2.39. The molecule has 0 radical (unpaired) electrons. The van der Waals surface area contributed by atoms with E-state index < -0.39 is 42.7 Å². The summed E-state index contributed by atoms with van der Waals surface area (Å²) in [5.41, 5.74) is 10.2. The maximum Gasteiger partial charge on any atom is 0.418 e. The van der Waals surface area contributed by atoms with E-state index in [2.05, 4.69) is 30.2 Å². The molecule has 2 fully saturated rings. The van der Waals surface area contributed by atoms with Gasteiger partial charge in [0.15, 0.2) is 12.0 Å². The van der Waals surface area contributed by atoms with Crippen LogP contribution in [-0.2, 0) is 6.18 Å². The molecule has 2 saturated heterocycles. The van der Waals surface area contributed by atoms with Crippen molar-refractivity contribution < 1.29 is 27.1 Å². The Kier molecular flexibility index (Phi) is 6.90. The molecule has 0 amide bonds. The molecule has 1 unspecified atom stereocenters. The first-order valence-electron chi connectivity index (χ1n) is 12.5. The molecule has 5 heterocycles. The van der Waals surface area contributed by atoms with Gasteiger partial charge in [-0.25, -0.2) is 28.7 Å². The lowest BCUT2D eigenvalue weighted by molar-refractivity contribution is -0.137. The number of anilines is 4. The molecule has 6 N–H and O–H groups in total. The van der Waals surface area contributed by atoms with Crippen LogP contribution in [0.15, 0.2) is 36.7 Å². The van der Waals surface area contributed by atoms with Crippen LogP contribution in [0, 0.1) is 0 Å². The number of nitrogen functional groups attached to an aromatic ring is 1. The van der Waals surface area contributed by atoms with Crippen molar-refractivity contribution in [2.24, 2.45) is 5.73 Å². The van der Waals surface area contributed by atoms with Gasteiger partial charge in [0.25, 0.3) is 5.92 Å². The normalized spacial score (nSPS) is 19.2. The second-order valence-corrected chi connectivity index (χ2v) is 10.4. The average Bonchev–Trinajstić information content (AvgIpc) is 2.87. The van der Waals surface area contributed by atoms with Crippen molar-refractivity contribution in [2.75, 3.05) is 47.0 Å². The van der Waals surface area contributed by atoms with E-state index in [0.717, 1.165) is 36.1 Å². The van der Waals surface area contributed by atoms with Gasteiger partial charge in [0, 0.05) is 24.8 Å². The van der Waals surface area contributed by atoms with Crippen molar-refractivity contribution >= 4 is 23.1 Å². The van der Waals surface area contributed by atoms with E-state index in [1.807, 2.05) is 13.0 Å². The highest BCUT2D eigenvalue weighted by atomic mass is 19.4. The summed E-state index contributed by atoms with van der Waals surface area (Å²) >= 11 is 0. The lowest BCUT2D eigenvalue weighted by Crippen LogP contribution is -2.56. The standard InChI is InChI=1S/C25H28F5N9O/c1-23(32)6-9-38(10-7-23)16-3-2-8-33-21(16)37-22(40)19-20(31)34-11-15(35-19)18-14(25(28,29)30)4-5-17(36-18)39-12-24(26,27)13-39/h2-5,8,11,22,40H,6-7,9-10,12-13,32H2,1H3,(H2,31,34)(H,33,37). The average molecular weight is 566 g/mol. The number of hydrogen-bond acceptors (Lipinski definition) is 10. The minimum absolute atomic E-state index is 0.0685. The van der Waals surface area contributed by atoms with Gasteiger partial charge in [-0.3, -0.25) is 0 Å². The fourth-order valence-electron chi connectivity index (χ4n) is 4.67. The highest BCUT2D eigenvalue weighted by Gasteiger charge is 2.45. The summed E-state index contributed by atoms with van der Waals surface area (Å²) in [4.78, 5) is 19.6. The predicted molar refractivity (Wildman–Crippen MR) is 139 cm³/mol. The Bertz CT molecular complexity index is 1380. The first kappa shape index (κ1) is 27.7. The van der Waals surface area contributed by atoms with E-state index in [9.17, 15) is 27.1 Å². The molecule has 0 bridgehead atoms. The van der Waals surface area contributed by atoms with Crippen molar-refractivity contribution in [2.45, 2.75) is 43.6 Å². The van der Waals surface area contributed by atoms with Crippen LogP contribution in [0.3, 0.4) is 0 Å². The van der Waals surface area contributed by atoms with Crippen LogP contribution in [-0.4, -0.2) is 62.7 Å². The Hall–Kier alpha value is -3.85. The number of nitrogens with one attached hydrogen (secondary N) is 1. The first-order valence-corrected chi connectivity index (χ1v) is 12.5. The molecule has 5 rings (SSSR count). The number of halogens is 5. The Morgan fingerprint density at radius 1 is 1.05 bits per heavy atom. The Balaban J connectivity index is 1.45. The Morgan fingerprint density at radius 2 is 1.75 bits per heavy atom. The maximum absolute atomic E-state index is 13.9. The molecule has 0 aromatic carbocycles. The largest absolute Gasteiger partial charge is 0.418 e. The molecule has 40 heavy (non-hydrogen) atoms. The van der Waals surface area contributed by atoms with Gasteiger partial charge in [-0.2, -0.15) is 13.2 Å². The Labute approximate surface area is 226 Å². The zero-order valence-electron chi connectivity index (χ0n) is 21.5. The van der Waals surface area contributed by atoms with Crippen molar-refractivity contribution in [1.82, 2.24) is 19.9 Å². The number of aliphatic hydroxyl groups excluding tert-OH is 1. The van der Waals surface area contributed by atoms with Gasteiger partial charge < -0.3 is 31.7 Å². The van der Waals surface area contributed by atoms with Crippen LogP contribution in [0.2, 0.25) is 0 Å². The second kappa shape index (κ2) is 9.96. The minimum Gasteiger partial charge on any atom is -0.382 e. The molecule has 0 spiro atoms. The number of aromatic nitrogens is 4. The lowest BCUT2D eigenvalue weighted by atomic mass is 9.91. The van der Waals surface area contributed by atoms with Gasteiger partial charge in [-0.05, 0) is 44.0 Å². The van der Waals surface area contributed by atoms with Crippen molar-refractivity contribution in [1.29, 1.82) is 0 Å². The lowest BCUT2D eigenvalue weighted by Gasteiger charge is -2.39. The maximum atomic E-state index is 13.9. The van der Waals surface area contributed by atoms with E-state index >= 15 is 0 Å². The fourth-order valence-corrected chi connectivity index (χ4v) is 4.67. The smallest absolute Gasteiger partial charge is 0.382 e. The fraction of sp³-hybridized carbons (Fsp3) is 0.440. The molecule has 214 valence electrons. The van der Waals surface area contributed by atoms with Gasteiger partial charge in [0.05, 0.1) is 30.5 Å². The van der Waals surface area contributed by atoms with E-state index in [1.165, 1.54) is 6.20 Å². The first-order chi connectivity index (χ1) is 18.7. The number of nitrogens with two attached hydrogens (primary N) is 2. The van der Waals surface area contributed by atoms with Gasteiger partial charge in [-0.15, -0.1) is 0 Å². The molecule has 1 atom stereocenters. The third-order valence-corrected chi connectivity index (χ3v) is 6.99. The number of nitrogens with zero attached hydrogens (tertiary/aromatic N) is 6. The monoisotopic (exact) mass is 565 g/mol. The van der Waals surface area contributed by atoms with E-state index in [4.69, 9.17) is 11.5 Å². The van der Waals surface area contributed by atoms with Crippen molar-refractivity contribution in [3.8, 4) is 11.4 Å². The van der Waals surface area contributed by atoms with Crippen LogP contribution in [0.4, 0.5) is 45.1 Å². The predicted octanol–water partition coefficient (Wildman–Crippen LogP) is 3.41. The number of rotatable bonds is 6. The number of hydrogen-bond donors (Lipinski definition) is 4. The van der Waals surface area contributed by atoms with Crippen molar-refractivity contribution in [3.63, 3.8) is 0 Å². The van der Waals surface area contributed by atoms with Crippen LogP contribution in [0.1, 0.15) is 37.3 Å². The zero-order chi connectivity index (χ0) is 28.9. The van der Waals surface area contributed by atoms with Crippen molar-refractivity contribution in [3.05, 3.63) is 47.9 Å². The van der Waals surface area contributed by atoms with Crippen LogP contribution in [0.25, 0.3) is 11.4 Å². The number of piperidine rings is 1. The van der Waals surface area contributed by atoms with Gasteiger partial charge >= 0.3 is 6.18 Å². The molecule has 3 aromatic rings.